The highest BCUT2D eigenvalue weighted by Gasteiger charge is 2.18. The molecule has 1 fully saturated rings. The normalized spacial score (nSPS) is 15.7. The maximum atomic E-state index is 12.3. The number of piperazine rings is 1. The number of ether oxygens (including phenoxy) is 2. The van der Waals surface area contributed by atoms with E-state index in [4.69, 9.17) is 9.47 Å². The van der Waals surface area contributed by atoms with Gasteiger partial charge in [0.05, 0.1) is 13.2 Å². The smallest absolute Gasteiger partial charge is 0.249 e. The molecule has 1 saturated heterocycles. The molecule has 6 heteroatoms. The van der Waals surface area contributed by atoms with Crippen molar-refractivity contribution >= 4 is 11.6 Å². The Morgan fingerprint density at radius 1 is 0.967 bits per heavy atom. The Morgan fingerprint density at radius 2 is 1.63 bits per heavy atom. The van der Waals surface area contributed by atoms with Gasteiger partial charge in [-0.1, -0.05) is 42.5 Å². The SMILES string of the molecule is COCCOC(C)C(=O)NCc1ccccc1CN1CCN(c2ccccc2)CC1. The number of methoxy groups -OCH3 is 1. The van der Waals surface area contributed by atoms with Gasteiger partial charge in [0.15, 0.2) is 0 Å². The van der Waals surface area contributed by atoms with E-state index in [-0.39, 0.29) is 5.91 Å². The number of carbonyl (C=O) groups is 1. The molecule has 1 amide bonds. The number of hydrogen-bond acceptors (Lipinski definition) is 5. The molecule has 0 bridgehead atoms. The summed E-state index contributed by atoms with van der Waals surface area (Å²) in [6, 6.07) is 18.9. The highest BCUT2D eigenvalue weighted by molar-refractivity contribution is 5.80. The first kappa shape index (κ1) is 22.3. The van der Waals surface area contributed by atoms with E-state index in [2.05, 4.69) is 63.6 Å². The van der Waals surface area contributed by atoms with Crippen LogP contribution in [0.1, 0.15) is 18.1 Å². The second kappa shape index (κ2) is 11.7. The Bertz CT molecular complexity index is 776. The van der Waals surface area contributed by atoms with Crippen LogP contribution in [0.2, 0.25) is 0 Å². The third kappa shape index (κ3) is 6.55. The summed E-state index contributed by atoms with van der Waals surface area (Å²) in [6.07, 6.45) is -0.488. The number of carbonyl (C=O) groups excluding carboxylic acids is 1. The predicted octanol–water partition coefficient (Wildman–Crippen LogP) is 2.68. The summed E-state index contributed by atoms with van der Waals surface area (Å²) in [5, 5.41) is 3.00. The number of nitrogens with one attached hydrogen (secondary N) is 1. The van der Waals surface area contributed by atoms with Crippen LogP contribution in [0, 0.1) is 0 Å². The average molecular weight is 412 g/mol. The second-order valence-electron chi connectivity index (χ2n) is 7.59. The first-order chi connectivity index (χ1) is 14.7. The summed E-state index contributed by atoms with van der Waals surface area (Å²) < 4.78 is 10.4. The van der Waals surface area contributed by atoms with E-state index in [0.717, 1.165) is 38.3 Å². The fourth-order valence-corrected chi connectivity index (χ4v) is 3.64. The first-order valence-corrected chi connectivity index (χ1v) is 10.6. The number of nitrogens with zero attached hydrogens (tertiary/aromatic N) is 2. The van der Waals surface area contributed by atoms with Crippen LogP contribution in [0.5, 0.6) is 0 Å². The number of anilines is 1. The van der Waals surface area contributed by atoms with Crippen LogP contribution in [0.15, 0.2) is 54.6 Å². The maximum absolute atomic E-state index is 12.3. The molecule has 1 heterocycles. The summed E-state index contributed by atoms with van der Waals surface area (Å²) in [5.74, 6) is -0.0996. The molecule has 0 aliphatic carbocycles. The molecule has 1 unspecified atom stereocenters. The summed E-state index contributed by atoms with van der Waals surface area (Å²) in [7, 11) is 1.62. The van der Waals surface area contributed by atoms with Crippen LogP contribution in [0.4, 0.5) is 5.69 Å². The van der Waals surface area contributed by atoms with Gasteiger partial charge in [0.25, 0.3) is 0 Å². The minimum atomic E-state index is -0.488. The summed E-state index contributed by atoms with van der Waals surface area (Å²) in [5.41, 5.74) is 3.71. The number of benzene rings is 2. The first-order valence-electron chi connectivity index (χ1n) is 10.6. The second-order valence-corrected chi connectivity index (χ2v) is 7.59. The van der Waals surface area contributed by atoms with E-state index < -0.39 is 6.10 Å². The highest BCUT2D eigenvalue weighted by atomic mass is 16.5. The van der Waals surface area contributed by atoms with Crippen LogP contribution >= 0.6 is 0 Å². The molecule has 0 spiro atoms. The van der Waals surface area contributed by atoms with Gasteiger partial charge in [-0.05, 0) is 30.2 Å². The van der Waals surface area contributed by atoms with E-state index in [1.54, 1.807) is 14.0 Å². The van der Waals surface area contributed by atoms with Crippen molar-refractivity contribution in [2.45, 2.75) is 26.1 Å². The van der Waals surface area contributed by atoms with Gasteiger partial charge in [-0.15, -0.1) is 0 Å². The van der Waals surface area contributed by atoms with Crippen molar-refractivity contribution in [2.75, 3.05) is 51.4 Å². The summed E-state index contributed by atoms with van der Waals surface area (Å²) in [4.78, 5) is 17.2. The zero-order chi connectivity index (χ0) is 21.2. The summed E-state index contributed by atoms with van der Waals surface area (Å²) >= 11 is 0. The molecule has 2 aromatic rings. The van der Waals surface area contributed by atoms with Crippen molar-refractivity contribution in [1.29, 1.82) is 0 Å². The van der Waals surface area contributed by atoms with Gasteiger partial charge in [0.1, 0.15) is 6.10 Å². The lowest BCUT2D eigenvalue weighted by molar-refractivity contribution is -0.132. The van der Waals surface area contributed by atoms with Crippen LogP contribution in [0.3, 0.4) is 0 Å². The minimum absolute atomic E-state index is 0.0996. The van der Waals surface area contributed by atoms with E-state index in [9.17, 15) is 4.79 Å². The Balaban J connectivity index is 1.49. The quantitative estimate of drug-likeness (QED) is 0.609. The molecule has 1 aliphatic heterocycles. The van der Waals surface area contributed by atoms with Crippen molar-refractivity contribution in [3.63, 3.8) is 0 Å². The zero-order valence-electron chi connectivity index (χ0n) is 18.0. The number of amides is 1. The Morgan fingerprint density at radius 3 is 2.33 bits per heavy atom. The fraction of sp³-hybridized carbons (Fsp3) is 0.458. The zero-order valence-corrected chi connectivity index (χ0v) is 18.0. The van der Waals surface area contributed by atoms with Crippen molar-refractivity contribution in [2.24, 2.45) is 0 Å². The van der Waals surface area contributed by atoms with Crippen LogP contribution in [-0.4, -0.2) is 63.4 Å². The van der Waals surface area contributed by atoms with E-state index in [1.165, 1.54) is 11.3 Å². The largest absolute Gasteiger partial charge is 0.382 e. The van der Waals surface area contributed by atoms with Gasteiger partial charge in [0.2, 0.25) is 5.91 Å². The molecular weight excluding hydrogens is 378 g/mol. The summed E-state index contributed by atoms with van der Waals surface area (Å²) in [6.45, 7) is 8.18. The number of hydrogen-bond donors (Lipinski definition) is 1. The predicted molar refractivity (Wildman–Crippen MR) is 120 cm³/mol. The third-order valence-electron chi connectivity index (χ3n) is 5.48. The molecule has 0 radical (unpaired) electrons. The molecule has 2 aromatic carbocycles. The molecule has 1 aliphatic rings. The van der Waals surface area contributed by atoms with E-state index in [1.807, 2.05) is 6.07 Å². The fourth-order valence-electron chi connectivity index (χ4n) is 3.64. The van der Waals surface area contributed by atoms with E-state index >= 15 is 0 Å². The average Bonchev–Trinajstić information content (AvgIpc) is 2.79. The van der Waals surface area contributed by atoms with Gasteiger partial charge in [-0.2, -0.15) is 0 Å². The van der Waals surface area contributed by atoms with E-state index in [0.29, 0.717) is 19.8 Å². The van der Waals surface area contributed by atoms with Gasteiger partial charge < -0.3 is 19.7 Å². The molecule has 0 saturated carbocycles. The van der Waals surface area contributed by atoms with Crippen molar-refractivity contribution in [1.82, 2.24) is 10.2 Å². The van der Waals surface area contributed by atoms with Gasteiger partial charge >= 0.3 is 0 Å². The van der Waals surface area contributed by atoms with Crippen molar-refractivity contribution in [3.05, 3.63) is 65.7 Å². The number of rotatable bonds is 10. The monoisotopic (exact) mass is 411 g/mol. The molecule has 30 heavy (non-hydrogen) atoms. The molecule has 0 aromatic heterocycles. The third-order valence-corrected chi connectivity index (χ3v) is 5.48. The molecule has 6 nitrogen and oxygen atoms in total. The lowest BCUT2D eigenvalue weighted by atomic mass is 10.1. The van der Waals surface area contributed by atoms with Crippen molar-refractivity contribution in [3.8, 4) is 0 Å². The lowest BCUT2D eigenvalue weighted by Gasteiger charge is -2.36. The Hall–Kier alpha value is -2.41. The molecule has 1 N–H and O–H groups in total. The van der Waals surface area contributed by atoms with Gasteiger partial charge in [0, 0.05) is 52.1 Å². The van der Waals surface area contributed by atoms with Crippen LogP contribution < -0.4 is 10.2 Å². The molecule has 1 atom stereocenters. The van der Waals surface area contributed by atoms with Crippen molar-refractivity contribution < 1.29 is 14.3 Å². The van der Waals surface area contributed by atoms with Crippen LogP contribution in [0.25, 0.3) is 0 Å². The van der Waals surface area contributed by atoms with Gasteiger partial charge in [-0.3, -0.25) is 9.69 Å². The molecule has 3 rings (SSSR count). The standard InChI is InChI=1S/C24H33N3O3/c1-20(30-17-16-29-2)24(28)25-18-21-8-6-7-9-22(21)19-26-12-14-27(15-13-26)23-10-4-3-5-11-23/h3-11,20H,12-19H2,1-2H3,(H,25,28). The Labute approximate surface area is 179 Å². The maximum Gasteiger partial charge on any atom is 0.249 e. The minimum Gasteiger partial charge on any atom is -0.382 e. The number of para-hydroxylation sites is 1. The van der Waals surface area contributed by atoms with Gasteiger partial charge in [-0.25, -0.2) is 0 Å². The van der Waals surface area contributed by atoms with Crippen LogP contribution in [-0.2, 0) is 27.4 Å². The highest BCUT2D eigenvalue weighted by Crippen LogP contribution is 2.18. The molecule has 162 valence electrons. The lowest BCUT2D eigenvalue weighted by Crippen LogP contribution is -2.46. The Kier molecular flexibility index (Phi) is 8.68. The topological polar surface area (TPSA) is 54.0 Å². The molecular formula is C24H33N3O3.